The Kier molecular flexibility index (Phi) is 6.46. The molecule has 2 rings (SSSR count). The van der Waals surface area contributed by atoms with Gasteiger partial charge in [-0.15, -0.1) is 0 Å². The molecule has 0 bridgehead atoms. The van der Waals surface area contributed by atoms with E-state index in [9.17, 15) is 18.0 Å². The summed E-state index contributed by atoms with van der Waals surface area (Å²) in [5, 5.41) is 2.92. The molecule has 1 aromatic rings. The maximum atomic E-state index is 12.1. The van der Waals surface area contributed by atoms with Gasteiger partial charge in [-0.3, -0.25) is 4.79 Å². The quantitative estimate of drug-likeness (QED) is 0.784. The van der Waals surface area contributed by atoms with E-state index in [0.29, 0.717) is 5.92 Å². The van der Waals surface area contributed by atoms with E-state index >= 15 is 0 Å². The van der Waals surface area contributed by atoms with Gasteiger partial charge in [-0.2, -0.15) is 0 Å². The predicted octanol–water partition coefficient (Wildman–Crippen LogP) is 2.60. The molecule has 0 aromatic heterocycles. The highest BCUT2D eigenvalue weighted by atomic mass is 35.5. The summed E-state index contributed by atoms with van der Waals surface area (Å²) in [6.45, 7) is 1.76. The molecule has 25 heavy (non-hydrogen) atoms. The summed E-state index contributed by atoms with van der Waals surface area (Å²) in [5.74, 6) is -0.526. The van der Waals surface area contributed by atoms with Crippen molar-refractivity contribution in [1.82, 2.24) is 5.32 Å². The number of carbonyl (C=O) groups is 2. The lowest BCUT2D eigenvalue weighted by Gasteiger charge is -2.26. The standard InChI is InChI=1S/C17H22ClNO5S/c1-11-3-5-12(6-4-11)19-16(20)10-24-17(21)14-9-13(25(2,22)23)7-8-15(14)18/h7-9,11-12H,3-6,10H2,1-2H3,(H,19,20). The minimum atomic E-state index is -3.48. The number of amides is 1. The Bertz CT molecular complexity index is 754. The predicted molar refractivity (Wildman–Crippen MR) is 94.4 cm³/mol. The van der Waals surface area contributed by atoms with E-state index in [1.807, 2.05) is 0 Å². The van der Waals surface area contributed by atoms with E-state index in [-0.39, 0.29) is 27.4 Å². The van der Waals surface area contributed by atoms with Crippen LogP contribution in [0.4, 0.5) is 0 Å². The molecule has 6 nitrogen and oxygen atoms in total. The van der Waals surface area contributed by atoms with E-state index in [4.69, 9.17) is 16.3 Å². The van der Waals surface area contributed by atoms with Crippen molar-refractivity contribution >= 4 is 33.3 Å². The van der Waals surface area contributed by atoms with Crippen LogP contribution in [0.2, 0.25) is 5.02 Å². The number of halogens is 1. The minimum absolute atomic E-state index is 0.0374. The van der Waals surface area contributed by atoms with E-state index in [0.717, 1.165) is 38.0 Å². The Hall–Kier alpha value is -1.60. The molecule has 0 unspecified atom stereocenters. The maximum absolute atomic E-state index is 12.1. The summed E-state index contributed by atoms with van der Waals surface area (Å²) in [4.78, 5) is 24.0. The molecule has 1 amide bonds. The van der Waals surface area contributed by atoms with Crippen LogP contribution in [0.15, 0.2) is 23.1 Å². The molecule has 1 fully saturated rings. The van der Waals surface area contributed by atoms with Gasteiger partial charge < -0.3 is 10.1 Å². The summed E-state index contributed by atoms with van der Waals surface area (Å²) >= 11 is 5.93. The number of carbonyl (C=O) groups excluding carboxylic acids is 2. The maximum Gasteiger partial charge on any atom is 0.340 e. The average molecular weight is 388 g/mol. The fraction of sp³-hybridized carbons (Fsp3) is 0.529. The lowest BCUT2D eigenvalue weighted by molar-refractivity contribution is -0.125. The lowest BCUT2D eigenvalue weighted by Crippen LogP contribution is -2.39. The Labute approximate surface area is 152 Å². The molecule has 1 N–H and O–H groups in total. The van der Waals surface area contributed by atoms with Crippen molar-refractivity contribution in [3.63, 3.8) is 0 Å². The molecule has 0 aliphatic heterocycles. The number of nitrogens with one attached hydrogen (secondary N) is 1. The number of benzene rings is 1. The zero-order valence-corrected chi connectivity index (χ0v) is 15.8. The van der Waals surface area contributed by atoms with E-state index in [2.05, 4.69) is 12.2 Å². The van der Waals surface area contributed by atoms with Gasteiger partial charge in [-0.05, 0) is 49.8 Å². The van der Waals surface area contributed by atoms with Crippen molar-refractivity contribution in [2.45, 2.75) is 43.5 Å². The molecule has 1 aliphatic rings. The molecule has 8 heteroatoms. The van der Waals surface area contributed by atoms with Crippen LogP contribution >= 0.6 is 11.6 Å². The fourth-order valence-corrected chi connectivity index (χ4v) is 3.62. The largest absolute Gasteiger partial charge is 0.452 e. The first kappa shape index (κ1) is 19.7. The van der Waals surface area contributed by atoms with Crippen LogP contribution in [0, 0.1) is 5.92 Å². The molecule has 0 saturated heterocycles. The van der Waals surface area contributed by atoms with Crippen molar-refractivity contribution in [1.29, 1.82) is 0 Å². The van der Waals surface area contributed by atoms with Crippen LogP contribution in [-0.2, 0) is 19.4 Å². The number of esters is 1. The molecule has 1 aliphatic carbocycles. The van der Waals surface area contributed by atoms with E-state index < -0.39 is 22.4 Å². The van der Waals surface area contributed by atoms with E-state index in [1.54, 1.807) is 0 Å². The minimum Gasteiger partial charge on any atom is -0.452 e. The third-order valence-corrected chi connectivity index (χ3v) is 5.74. The Morgan fingerprint density at radius 3 is 2.48 bits per heavy atom. The molecular formula is C17H22ClNO5S. The highest BCUT2D eigenvalue weighted by molar-refractivity contribution is 7.90. The lowest BCUT2D eigenvalue weighted by atomic mass is 9.87. The van der Waals surface area contributed by atoms with Crippen molar-refractivity contribution in [2.24, 2.45) is 5.92 Å². The second-order valence-electron chi connectivity index (χ2n) is 6.51. The van der Waals surface area contributed by atoms with Crippen molar-refractivity contribution < 1.29 is 22.7 Å². The first-order valence-corrected chi connectivity index (χ1v) is 10.4. The monoisotopic (exact) mass is 387 g/mol. The molecule has 0 atom stereocenters. The first-order valence-electron chi connectivity index (χ1n) is 8.13. The SMILES string of the molecule is CC1CCC(NC(=O)COC(=O)c2cc(S(C)(=O)=O)ccc2Cl)CC1. The third kappa shape index (κ3) is 5.71. The average Bonchev–Trinajstić information content (AvgIpc) is 2.54. The van der Waals surface area contributed by atoms with Gasteiger partial charge in [-0.25, -0.2) is 13.2 Å². The van der Waals surface area contributed by atoms with Crippen molar-refractivity contribution in [3.05, 3.63) is 28.8 Å². The second kappa shape index (κ2) is 8.19. The van der Waals surface area contributed by atoms with E-state index in [1.165, 1.54) is 12.1 Å². The van der Waals surface area contributed by atoms with Crippen LogP contribution in [0.5, 0.6) is 0 Å². The summed E-state index contributed by atoms with van der Waals surface area (Å²) in [6, 6.07) is 3.89. The van der Waals surface area contributed by atoms with Crippen LogP contribution in [-0.4, -0.2) is 39.2 Å². The molecule has 0 radical (unpaired) electrons. The number of sulfone groups is 1. The third-order valence-electron chi connectivity index (χ3n) is 4.30. The van der Waals surface area contributed by atoms with Gasteiger partial charge in [0.1, 0.15) is 0 Å². The zero-order chi connectivity index (χ0) is 18.6. The molecule has 0 heterocycles. The summed E-state index contributed by atoms with van der Waals surface area (Å²) in [5.41, 5.74) is -0.0797. The Balaban J connectivity index is 1.93. The number of hydrogen-bond acceptors (Lipinski definition) is 5. The fourth-order valence-electron chi connectivity index (χ4n) is 2.77. The molecular weight excluding hydrogens is 366 g/mol. The molecule has 1 saturated carbocycles. The molecule has 1 aromatic carbocycles. The second-order valence-corrected chi connectivity index (χ2v) is 8.94. The van der Waals surface area contributed by atoms with Crippen LogP contribution < -0.4 is 5.32 Å². The highest BCUT2D eigenvalue weighted by Gasteiger charge is 2.21. The van der Waals surface area contributed by atoms with Gasteiger partial charge in [-0.1, -0.05) is 18.5 Å². The van der Waals surface area contributed by atoms with Crippen LogP contribution in [0.25, 0.3) is 0 Å². The number of ether oxygens (including phenoxy) is 1. The van der Waals surface area contributed by atoms with Gasteiger partial charge in [0, 0.05) is 12.3 Å². The van der Waals surface area contributed by atoms with Crippen molar-refractivity contribution in [2.75, 3.05) is 12.9 Å². The van der Waals surface area contributed by atoms with Gasteiger partial charge in [0.15, 0.2) is 16.4 Å². The Morgan fingerprint density at radius 2 is 1.88 bits per heavy atom. The van der Waals surface area contributed by atoms with Gasteiger partial charge in [0.05, 0.1) is 15.5 Å². The van der Waals surface area contributed by atoms with Crippen LogP contribution in [0.1, 0.15) is 43.0 Å². The topological polar surface area (TPSA) is 89.5 Å². The Morgan fingerprint density at radius 1 is 1.24 bits per heavy atom. The van der Waals surface area contributed by atoms with Crippen molar-refractivity contribution in [3.8, 4) is 0 Å². The van der Waals surface area contributed by atoms with Crippen LogP contribution in [0.3, 0.4) is 0 Å². The van der Waals surface area contributed by atoms with Gasteiger partial charge >= 0.3 is 5.97 Å². The summed E-state index contributed by atoms with van der Waals surface area (Å²) in [6.07, 6.45) is 5.01. The van der Waals surface area contributed by atoms with Gasteiger partial charge in [0.2, 0.25) is 0 Å². The molecule has 0 spiro atoms. The summed E-state index contributed by atoms with van der Waals surface area (Å²) < 4.78 is 28.1. The zero-order valence-electron chi connectivity index (χ0n) is 14.2. The summed E-state index contributed by atoms with van der Waals surface area (Å²) in [7, 11) is -3.48. The van der Waals surface area contributed by atoms with Gasteiger partial charge in [0.25, 0.3) is 5.91 Å². The molecule has 138 valence electrons. The highest BCUT2D eigenvalue weighted by Crippen LogP contribution is 2.23. The smallest absolute Gasteiger partial charge is 0.340 e. The number of hydrogen-bond donors (Lipinski definition) is 1. The normalized spacial score (nSPS) is 20.8. The number of rotatable bonds is 5. The first-order chi connectivity index (χ1) is 11.7.